The highest BCUT2D eigenvalue weighted by Crippen LogP contribution is 2.25. The van der Waals surface area contributed by atoms with Crippen molar-refractivity contribution in [2.45, 2.75) is 26.9 Å². The van der Waals surface area contributed by atoms with Crippen LogP contribution in [0.4, 0.5) is 5.69 Å². The van der Waals surface area contributed by atoms with Gasteiger partial charge in [-0.1, -0.05) is 32.0 Å². The Balaban J connectivity index is 0.00000151. The first-order chi connectivity index (χ1) is 12.2. The lowest BCUT2D eigenvalue weighted by Gasteiger charge is -2.11. The van der Waals surface area contributed by atoms with Crippen molar-refractivity contribution >= 4 is 11.6 Å². The molecule has 0 bridgehead atoms. The van der Waals surface area contributed by atoms with Crippen LogP contribution >= 0.6 is 0 Å². The summed E-state index contributed by atoms with van der Waals surface area (Å²) in [5.74, 6) is 1.22. The average Bonchev–Trinajstić information content (AvgIpc) is 2.65. The third-order valence-electron chi connectivity index (χ3n) is 3.39. The summed E-state index contributed by atoms with van der Waals surface area (Å²) in [5, 5.41) is 2.87. The molecule has 5 heteroatoms. The molecular weight excluding hydrogens is 318 g/mol. The molecule has 1 N–H and O–H groups in total. The minimum atomic E-state index is -0.104. The number of hydrogen-bond donors (Lipinski definition) is 1. The molecule has 5 nitrogen and oxygen atoms in total. The van der Waals surface area contributed by atoms with Crippen molar-refractivity contribution in [2.24, 2.45) is 0 Å². The Labute approximate surface area is 149 Å². The van der Waals surface area contributed by atoms with E-state index in [0.717, 1.165) is 16.8 Å². The molecule has 1 amide bonds. The molecule has 2 rings (SSSR count). The van der Waals surface area contributed by atoms with Crippen LogP contribution in [0.25, 0.3) is 0 Å². The Bertz CT molecular complexity index is 653. The highest BCUT2D eigenvalue weighted by Gasteiger charge is 2.10. The van der Waals surface area contributed by atoms with Crippen molar-refractivity contribution in [1.82, 2.24) is 0 Å². The van der Waals surface area contributed by atoms with E-state index < -0.39 is 0 Å². The molecule has 2 aromatic rings. The third kappa shape index (κ3) is 6.47. The number of amides is 1. The molecule has 25 heavy (non-hydrogen) atoms. The first-order valence-electron chi connectivity index (χ1n) is 8.25. The fourth-order valence-corrected chi connectivity index (χ4v) is 2.23. The zero-order chi connectivity index (χ0) is 18.7. The smallest absolute Gasteiger partial charge is 0.228 e. The normalized spacial score (nSPS) is 9.64. The molecule has 0 unspecified atom stereocenters. The predicted molar refractivity (Wildman–Crippen MR) is 100 cm³/mol. The largest absolute Gasteiger partial charge is 0.497 e. The SMILES string of the molecule is CC.COCc1ccc(NC(=O)Cc2ccc(OC)cc2OC)cc1. The minimum Gasteiger partial charge on any atom is -0.497 e. The summed E-state index contributed by atoms with van der Waals surface area (Å²) in [6.45, 7) is 4.55. The van der Waals surface area contributed by atoms with Crippen LogP contribution in [-0.4, -0.2) is 27.2 Å². The highest BCUT2D eigenvalue weighted by atomic mass is 16.5. The van der Waals surface area contributed by atoms with Crippen LogP contribution in [0.15, 0.2) is 42.5 Å². The Morgan fingerprint density at radius 3 is 2.20 bits per heavy atom. The maximum Gasteiger partial charge on any atom is 0.228 e. The molecule has 0 saturated carbocycles. The summed E-state index contributed by atoms with van der Waals surface area (Å²) >= 11 is 0. The number of anilines is 1. The van der Waals surface area contributed by atoms with E-state index in [2.05, 4.69) is 5.32 Å². The van der Waals surface area contributed by atoms with E-state index in [1.807, 2.05) is 50.2 Å². The van der Waals surface area contributed by atoms with E-state index in [-0.39, 0.29) is 12.3 Å². The Morgan fingerprint density at radius 2 is 1.64 bits per heavy atom. The number of methoxy groups -OCH3 is 3. The Kier molecular flexibility index (Phi) is 9.11. The summed E-state index contributed by atoms with van der Waals surface area (Å²) in [7, 11) is 4.82. The highest BCUT2D eigenvalue weighted by molar-refractivity contribution is 5.92. The van der Waals surface area contributed by atoms with Crippen molar-refractivity contribution in [3.63, 3.8) is 0 Å². The summed E-state index contributed by atoms with van der Waals surface area (Å²) in [5.41, 5.74) is 2.62. The summed E-state index contributed by atoms with van der Waals surface area (Å²) < 4.78 is 15.5. The number of hydrogen-bond acceptors (Lipinski definition) is 4. The zero-order valence-electron chi connectivity index (χ0n) is 15.6. The van der Waals surface area contributed by atoms with Gasteiger partial charge in [0.25, 0.3) is 0 Å². The van der Waals surface area contributed by atoms with E-state index in [1.165, 1.54) is 0 Å². The molecule has 0 heterocycles. The van der Waals surface area contributed by atoms with E-state index in [4.69, 9.17) is 14.2 Å². The maximum absolute atomic E-state index is 12.2. The van der Waals surface area contributed by atoms with Gasteiger partial charge in [-0.25, -0.2) is 0 Å². The second kappa shape index (κ2) is 11.1. The Morgan fingerprint density at radius 1 is 0.960 bits per heavy atom. The lowest BCUT2D eigenvalue weighted by Crippen LogP contribution is -2.15. The molecule has 0 fully saturated rings. The molecule has 0 saturated heterocycles. The topological polar surface area (TPSA) is 56.8 Å². The molecule has 0 aliphatic heterocycles. The van der Waals surface area contributed by atoms with Crippen molar-refractivity contribution < 1.29 is 19.0 Å². The Hall–Kier alpha value is -2.53. The predicted octanol–water partition coefficient (Wildman–Crippen LogP) is 4.06. The molecule has 0 aliphatic carbocycles. The lowest BCUT2D eigenvalue weighted by molar-refractivity contribution is -0.115. The zero-order valence-corrected chi connectivity index (χ0v) is 15.6. The number of carbonyl (C=O) groups is 1. The fraction of sp³-hybridized carbons (Fsp3) is 0.350. The van der Waals surface area contributed by atoms with Gasteiger partial charge >= 0.3 is 0 Å². The van der Waals surface area contributed by atoms with Crippen LogP contribution in [0, 0.1) is 0 Å². The summed E-state index contributed by atoms with van der Waals surface area (Å²) in [6.07, 6.45) is 0.229. The summed E-state index contributed by atoms with van der Waals surface area (Å²) in [4.78, 5) is 12.2. The van der Waals surface area contributed by atoms with Crippen molar-refractivity contribution in [3.8, 4) is 11.5 Å². The van der Waals surface area contributed by atoms with Gasteiger partial charge in [0, 0.05) is 24.4 Å². The molecule has 0 aromatic heterocycles. The average molecular weight is 345 g/mol. The number of ether oxygens (including phenoxy) is 3. The van der Waals surface area contributed by atoms with Crippen LogP contribution < -0.4 is 14.8 Å². The van der Waals surface area contributed by atoms with Crippen LogP contribution in [0.1, 0.15) is 25.0 Å². The molecule has 0 atom stereocenters. The lowest BCUT2D eigenvalue weighted by atomic mass is 10.1. The van der Waals surface area contributed by atoms with Crippen molar-refractivity contribution in [3.05, 3.63) is 53.6 Å². The second-order valence-electron chi connectivity index (χ2n) is 5.03. The molecule has 2 aromatic carbocycles. The van der Waals surface area contributed by atoms with Gasteiger partial charge in [0.1, 0.15) is 11.5 Å². The first kappa shape index (κ1) is 20.5. The van der Waals surface area contributed by atoms with E-state index in [0.29, 0.717) is 18.1 Å². The van der Waals surface area contributed by atoms with Gasteiger partial charge < -0.3 is 19.5 Å². The second-order valence-corrected chi connectivity index (χ2v) is 5.03. The maximum atomic E-state index is 12.2. The monoisotopic (exact) mass is 345 g/mol. The minimum absolute atomic E-state index is 0.104. The molecule has 0 aliphatic rings. The van der Waals surface area contributed by atoms with Crippen LogP contribution in [0.3, 0.4) is 0 Å². The van der Waals surface area contributed by atoms with Crippen molar-refractivity contribution in [1.29, 1.82) is 0 Å². The molecular formula is C20H27NO4. The van der Waals surface area contributed by atoms with Gasteiger partial charge in [0.05, 0.1) is 27.2 Å². The third-order valence-corrected chi connectivity index (χ3v) is 3.39. The molecule has 0 radical (unpaired) electrons. The van der Waals surface area contributed by atoms with Gasteiger partial charge in [-0.05, 0) is 23.8 Å². The van der Waals surface area contributed by atoms with Crippen LogP contribution in [-0.2, 0) is 22.6 Å². The number of carbonyl (C=O) groups excluding carboxylic acids is 1. The number of nitrogens with one attached hydrogen (secondary N) is 1. The van der Waals surface area contributed by atoms with Gasteiger partial charge in [0.2, 0.25) is 5.91 Å². The van der Waals surface area contributed by atoms with Crippen LogP contribution in [0.2, 0.25) is 0 Å². The number of benzene rings is 2. The summed E-state index contributed by atoms with van der Waals surface area (Å²) in [6, 6.07) is 13.0. The van der Waals surface area contributed by atoms with Crippen LogP contribution in [0.5, 0.6) is 11.5 Å². The van der Waals surface area contributed by atoms with Gasteiger partial charge in [-0.3, -0.25) is 4.79 Å². The van der Waals surface area contributed by atoms with Gasteiger partial charge in [0.15, 0.2) is 0 Å². The molecule has 0 spiro atoms. The van der Waals surface area contributed by atoms with Gasteiger partial charge in [-0.15, -0.1) is 0 Å². The molecule has 136 valence electrons. The van der Waals surface area contributed by atoms with E-state index in [9.17, 15) is 4.79 Å². The van der Waals surface area contributed by atoms with E-state index in [1.54, 1.807) is 27.4 Å². The first-order valence-corrected chi connectivity index (χ1v) is 8.25. The standard InChI is InChI=1S/C18H21NO4.C2H6/c1-21-12-13-4-7-15(8-5-13)19-18(20)10-14-6-9-16(22-2)11-17(14)23-3;1-2/h4-9,11H,10,12H2,1-3H3,(H,19,20);1-2H3. The van der Waals surface area contributed by atoms with E-state index >= 15 is 0 Å². The fourth-order valence-electron chi connectivity index (χ4n) is 2.23. The van der Waals surface area contributed by atoms with Gasteiger partial charge in [-0.2, -0.15) is 0 Å². The van der Waals surface area contributed by atoms with Crippen molar-refractivity contribution in [2.75, 3.05) is 26.6 Å². The quantitative estimate of drug-likeness (QED) is 0.822. The number of rotatable bonds is 7.